The van der Waals surface area contributed by atoms with Gasteiger partial charge in [0.25, 0.3) is 0 Å². The molecule has 0 fully saturated rings. The molecule has 0 amide bonds. The maximum atomic E-state index is 6.32. The largest absolute Gasteiger partial charge is 0.0834 e. The van der Waals surface area contributed by atoms with Crippen LogP contribution in [0.15, 0.2) is 36.4 Å². The maximum Gasteiger partial charge on any atom is 0.0513 e. The summed E-state index contributed by atoms with van der Waals surface area (Å²) in [5.41, 5.74) is 6.04. The highest BCUT2D eigenvalue weighted by Gasteiger charge is 2.05. The molecule has 16 heavy (non-hydrogen) atoms. The number of benzene rings is 2. The van der Waals surface area contributed by atoms with E-state index in [1.54, 1.807) is 0 Å². The van der Waals surface area contributed by atoms with Crippen LogP contribution in [0.4, 0.5) is 0 Å². The second-order valence-electron chi connectivity index (χ2n) is 4.24. The van der Waals surface area contributed by atoms with Crippen LogP contribution in [-0.4, -0.2) is 0 Å². The Hall–Kier alpha value is -1.27. The Morgan fingerprint density at radius 3 is 2.25 bits per heavy atom. The zero-order chi connectivity index (χ0) is 11.7. The standard InChI is InChI=1S/C15H15Cl/c1-10-7-8-13(9-12(10)3)14-6-4-5-11(2)15(14)16/h4-9H,1-3H3. The predicted molar refractivity (Wildman–Crippen MR) is 71.1 cm³/mol. The number of rotatable bonds is 1. The van der Waals surface area contributed by atoms with E-state index in [4.69, 9.17) is 11.6 Å². The second kappa shape index (κ2) is 4.31. The van der Waals surface area contributed by atoms with E-state index in [0.29, 0.717) is 0 Å². The van der Waals surface area contributed by atoms with E-state index in [-0.39, 0.29) is 0 Å². The van der Waals surface area contributed by atoms with Crippen LogP contribution in [0.1, 0.15) is 16.7 Å². The molecular formula is C15H15Cl. The van der Waals surface area contributed by atoms with Gasteiger partial charge in [-0.05, 0) is 43.0 Å². The Balaban J connectivity index is 2.59. The third kappa shape index (κ3) is 1.98. The molecule has 0 heterocycles. The first kappa shape index (κ1) is 11.2. The molecule has 0 spiro atoms. The minimum Gasteiger partial charge on any atom is -0.0834 e. The van der Waals surface area contributed by atoms with Crippen molar-refractivity contribution >= 4 is 11.6 Å². The van der Waals surface area contributed by atoms with Crippen LogP contribution in [0.25, 0.3) is 11.1 Å². The predicted octanol–water partition coefficient (Wildman–Crippen LogP) is 4.93. The van der Waals surface area contributed by atoms with E-state index < -0.39 is 0 Å². The topological polar surface area (TPSA) is 0 Å². The molecule has 0 radical (unpaired) electrons. The molecule has 0 aliphatic heterocycles. The summed E-state index contributed by atoms with van der Waals surface area (Å²) in [5, 5.41) is 0.853. The van der Waals surface area contributed by atoms with Crippen LogP contribution in [0.2, 0.25) is 5.02 Å². The van der Waals surface area contributed by atoms with Crippen molar-refractivity contribution in [3.05, 3.63) is 58.1 Å². The van der Waals surface area contributed by atoms with Crippen molar-refractivity contribution in [1.29, 1.82) is 0 Å². The number of hydrogen-bond acceptors (Lipinski definition) is 0. The summed E-state index contributed by atoms with van der Waals surface area (Å²) >= 11 is 6.32. The van der Waals surface area contributed by atoms with Crippen LogP contribution >= 0.6 is 11.6 Å². The van der Waals surface area contributed by atoms with Crippen LogP contribution in [0, 0.1) is 20.8 Å². The lowest BCUT2D eigenvalue weighted by atomic mass is 9.99. The van der Waals surface area contributed by atoms with E-state index >= 15 is 0 Å². The van der Waals surface area contributed by atoms with Gasteiger partial charge in [-0.2, -0.15) is 0 Å². The van der Waals surface area contributed by atoms with E-state index in [9.17, 15) is 0 Å². The molecule has 0 bridgehead atoms. The summed E-state index contributed by atoms with van der Waals surface area (Å²) in [5.74, 6) is 0. The fraction of sp³-hybridized carbons (Fsp3) is 0.200. The molecule has 0 aliphatic carbocycles. The van der Waals surface area contributed by atoms with Gasteiger partial charge in [0.1, 0.15) is 0 Å². The van der Waals surface area contributed by atoms with Gasteiger partial charge in [0.05, 0.1) is 5.02 Å². The molecule has 0 aliphatic rings. The van der Waals surface area contributed by atoms with E-state index in [2.05, 4.69) is 38.1 Å². The maximum absolute atomic E-state index is 6.32. The zero-order valence-corrected chi connectivity index (χ0v) is 10.6. The van der Waals surface area contributed by atoms with E-state index in [1.807, 2.05) is 19.1 Å². The first-order valence-corrected chi connectivity index (χ1v) is 5.80. The number of halogens is 1. The van der Waals surface area contributed by atoms with Gasteiger partial charge >= 0.3 is 0 Å². The Kier molecular flexibility index (Phi) is 3.02. The summed E-state index contributed by atoms with van der Waals surface area (Å²) in [6.45, 7) is 6.28. The Bertz CT molecular complexity index is 527. The number of hydrogen-bond donors (Lipinski definition) is 0. The lowest BCUT2D eigenvalue weighted by molar-refractivity contribution is 1.34. The first-order valence-electron chi connectivity index (χ1n) is 5.42. The Morgan fingerprint density at radius 2 is 1.56 bits per heavy atom. The van der Waals surface area contributed by atoms with Gasteiger partial charge in [-0.25, -0.2) is 0 Å². The molecule has 0 aromatic heterocycles. The Labute approximate surface area is 102 Å². The van der Waals surface area contributed by atoms with Crippen LogP contribution in [0.5, 0.6) is 0 Å². The van der Waals surface area contributed by atoms with Crippen LogP contribution in [-0.2, 0) is 0 Å². The third-order valence-electron chi connectivity index (χ3n) is 3.01. The van der Waals surface area contributed by atoms with Crippen molar-refractivity contribution in [3.63, 3.8) is 0 Å². The van der Waals surface area contributed by atoms with Crippen molar-refractivity contribution < 1.29 is 0 Å². The van der Waals surface area contributed by atoms with Gasteiger partial charge in [-0.1, -0.05) is 48.0 Å². The third-order valence-corrected chi connectivity index (χ3v) is 3.51. The van der Waals surface area contributed by atoms with Crippen LogP contribution in [0.3, 0.4) is 0 Å². The SMILES string of the molecule is Cc1ccc(-c2cccc(C)c2Cl)cc1C. The summed E-state index contributed by atoms with van der Waals surface area (Å²) in [7, 11) is 0. The smallest absolute Gasteiger partial charge is 0.0513 e. The average molecular weight is 231 g/mol. The van der Waals surface area contributed by atoms with Gasteiger partial charge in [0, 0.05) is 5.56 Å². The van der Waals surface area contributed by atoms with Gasteiger partial charge in [-0.3, -0.25) is 0 Å². The number of aryl methyl sites for hydroxylation is 3. The van der Waals surface area contributed by atoms with Gasteiger partial charge in [0.2, 0.25) is 0 Å². The molecule has 1 heteroatoms. The normalized spacial score (nSPS) is 10.5. The fourth-order valence-electron chi connectivity index (χ4n) is 1.78. The summed E-state index contributed by atoms with van der Waals surface area (Å²) in [6.07, 6.45) is 0. The highest BCUT2D eigenvalue weighted by Crippen LogP contribution is 2.31. The molecule has 0 saturated carbocycles. The van der Waals surface area contributed by atoms with Crippen molar-refractivity contribution in [3.8, 4) is 11.1 Å². The minimum atomic E-state index is 0.853. The molecule has 2 aromatic rings. The minimum absolute atomic E-state index is 0.853. The Morgan fingerprint density at radius 1 is 0.812 bits per heavy atom. The van der Waals surface area contributed by atoms with E-state index in [1.165, 1.54) is 16.7 Å². The quantitative estimate of drug-likeness (QED) is 0.652. The molecule has 0 unspecified atom stereocenters. The van der Waals surface area contributed by atoms with Crippen LogP contribution < -0.4 is 0 Å². The fourth-order valence-corrected chi connectivity index (χ4v) is 2.01. The molecule has 2 aromatic carbocycles. The van der Waals surface area contributed by atoms with Crippen molar-refractivity contribution in [2.45, 2.75) is 20.8 Å². The highest BCUT2D eigenvalue weighted by molar-refractivity contribution is 6.34. The lowest BCUT2D eigenvalue weighted by Gasteiger charge is -2.09. The van der Waals surface area contributed by atoms with Gasteiger partial charge in [-0.15, -0.1) is 0 Å². The summed E-state index contributed by atoms with van der Waals surface area (Å²) in [6, 6.07) is 12.6. The summed E-state index contributed by atoms with van der Waals surface area (Å²) in [4.78, 5) is 0. The first-order chi connectivity index (χ1) is 7.59. The van der Waals surface area contributed by atoms with Crippen molar-refractivity contribution in [2.75, 3.05) is 0 Å². The molecule has 0 saturated heterocycles. The zero-order valence-electron chi connectivity index (χ0n) is 9.84. The molecule has 0 atom stereocenters. The van der Waals surface area contributed by atoms with Crippen molar-refractivity contribution in [1.82, 2.24) is 0 Å². The monoisotopic (exact) mass is 230 g/mol. The molecule has 2 rings (SSSR count). The lowest BCUT2D eigenvalue weighted by Crippen LogP contribution is -1.86. The van der Waals surface area contributed by atoms with Gasteiger partial charge in [0.15, 0.2) is 0 Å². The molecule has 82 valence electrons. The average Bonchev–Trinajstić information content (AvgIpc) is 2.26. The second-order valence-corrected chi connectivity index (χ2v) is 4.61. The van der Waals surface area contributed by atoms with Gasteiger partial charge < -0.3 is 0 Å². The van der Waals surface area contributed by atoms with E-state index in [0.717, 1.165) is 16.1 Å². The molecular weight excluding hydrogens is 216 g/mol. The highest BCUT2D eigenvalue weighted by atomic mass is 35.5. The molecule has 0 N–H and O–H groups in total. The summed E-state index contributed by atoms with van der Waals surface area (Å²) < 4.78 is 0. The molecule has 0 nitrogen and oxygen atoms in total. The van der Waals surface area contributed by atoms with Crippen molar-refractivity contribution in [2.24, 2.45) is 0 Å².